The number of hydrogen-bond acceptors (Lipinski definition) is 2. The summed E-state index contributed by atoms with van der Waals surface area (Å²) in [7, 11) is 0. The molecule has 0 spiro atoms. The molecule has 0 saturated carbocycles. The molecule has 0 fully saturated rings. The fourth-order valence-electron chi connectivity index (χ4n) is 2.21. The van der Waals surface area contributed by atoms with Gasteiger partial charge in [-0.05, 0) is 36.1 Å². The zero-order valence-electron chi connectivity index (χ0n) is 11.5. The van der Waals surface area contributed by atoms with Crippen molar-refractivity contribution in [1.29, 1.82) is 0 Å². The largest absolute Gasteiger partial charge is 0.508 e. The Hall–Kier alpha value is -1.02. The van der Waals surface area contributed by atoms with Crippen molar-refractivity contribution in [2.45, 2.75) is 64.9 Å². The Labute approximate surface area is 111 Å². The second kappa shape index (κ2) is 8.98. The number of aryl methyl sites for hydroxylation is 1. The fourth-order valence-corrected chi connectivity index (χ4v) is 2.21. The van der Waals surface area contributed by atoms with Crippen LogP contribution in [-0.2, 0) is 13.0 Å². The van der Waals surface area contributed by atoms with Crippen LogP contribution in [0.3, 0.4) is 0 Å². The summed E-state index contributed by atoms with van der Waals surface area (Å²) in [5.74, 6) is 0.359. The Morgan fingerprint density at radius 2 is 1.61 bits per heavy atom. The van der Waals surface area contributed by atoms with Gasteiger partial charge in [-0.2, -0.15) is 0 Å². The van der Waals surface area contributed by atoms with Crippen molar-refractivity contribution >= 4 is 0 Å². The number of aliphatic hydroxyl groups is 1. The van der Waals surface area contributed by atoms with Gasteiger partial charge in [0.25, 0.3) is 0 Å². The predicted molar refractivity (Wildman–Crippen MR) is 75.7 cm³/mol. The van der Waals surface area contributed by atoms with E-state index >= 15 is 0 Å². The fraction of sp³-hybridized carbons (Fsp3) is 0.625. The van der Waals surface area contributed by atoms with Crippen molar-refractivity contribution in [3.05, 3.63) is 29.3 Å². The number of hydrogen-bond donors (Lipinski definition) is 2. The minimum atomic E-state index is 0.0459. The van der Waals surface area contributed by atoms with Crippen LogP contribution in [0.25, 0.3) is 0 Å². The third-order valence-corrected chi connectivity index (χ3v) is 3.38. The van der Waals surface area contributed by atoms with Crippen LogP contribution in [0, 0.1) is 0 Å². The van der Waals surface area contributed by atoms with Gasteiger partial charge in [0.2, 0.25) is 0 Å². The Morgan fingerprint density at radius 1 is 0.944 bits per heavy atom. The standard InChI is InChI=1S/C16H26O2/c1-2-3-4-5-6-7-8-9-15-12-14(13-17)10-11-16(15)18/h10-12,17-18H,2-9,13H2,1H3. The highest BCUT2D eigenvalue weighted by atomic mass is 16.3. The van der Waals surface area contributed by atoms with Crippen LogP contribution in [-0.4, -0.2) is 10.2 Å². The first-order valence-electron chi connectivity index (χ1n) is 7.19. The van der Waals surface area contributed by atoms with E-state index in [2.05, 4.69) is 6.92 Å². The van der Waals surface area contributed by atoms with E-state index in [1.54, 1.807) is 12.1 Å². The second-order valence-electron chi connectivity index (χ2n) is 4.99. The van der Waals surface area contributed by atoms with Crippen molar-refractivity contribution in [3.63, 3.8) is 0 Å². The summed E-state index contributed by atoms with van der Waals surface area (Å²) in [6.45, 7) is 2.28. The maximum atomic E-state index is 9.72. The maximum Gasteiger partial charge on any atom is 0.118 e. The molecule has 1 aromatic carbocycles. The third kappa shape index (κ3) is 5.54. The van der Waals surface area contributed by atoms with Gasteiger partial charge in [0, 0.05) is 0 Å². The summed E-state index contributed by atoms with van der Waals surface area (Å²) >= 11 is 0. The van der Waals surface area contributed by atoms with E-state index in [0.717, 1.165) is 24.0 Å². The smallest absolute Gasteiger partial charge is 0.118 e. The van der Waals surface area contributed by atoms with Gasteiger partial charge < -0.3 is 10.2 Å². The van der Waals surface area contributed by atoms with Gasteiger partial charge in [-0.15, -0.1) is 0 Å². The molecule has 0 aromatic heterocycles. The molecule has 0 aliphatic rings. The van der Waals surface area contributed by atoms with Crippen LogP contribution in [0.15, 0.2) is 18.2 Å². The van der Waals surface area contributed by atoms with Gasteiger partial charge in [-0.3, -0.25) is 0 Å². The molecular formula is C16H26O2. The highest BCUT2D eigenvalue weighted by Gasteiger charge is 2.02. The van der Waals surface area contributed by atoms with Gasteiger partial charge in [-0.25, -0.2) is 0 Å². The quantitative estimate of drug-likeness (QED) is 0.645. The molecule has 2 heteroatoms. The summed E-state index contributed by atoms with van der Waals surface area (Å²) in [6, 6.07) is 5.36. The lowest BCUT2D eigenvalue weighted by molar-refractivity contribution is 0.281. The molecule has 0 aliphatic heterocycles. The van der Waals surface area contributed by atoms with Gasteiger partial charge >= 0.3 is 0 Å². The summed E-state index contributed by atoms with van der Waals surface area (Å²) in [6.07, 6.45) is 9.87. The Morgan fingerprint density at radius 3 is 2.28 bits per heavy atom. The summed E-state index contributed by atoms with van der Waals surface area (Å²) in [5.41, 5.74) is 1.85. The topological polar surface area (TPSA) is 40.5 Å². The molecule has 1 aromatic rings. The van der Waals surface area contributed by atoms with Crippen molar-refractivity contribution in [3.8, 4) is 5.75 Å². The second-order valence-corrected chi connectivity index (χ2v) is 4.99. The van der Waals surface area contributed by atoms with Crippen molar-refractivity contribution in [1.82, 2.24) is 0 Å². The third-order valence-electron chi connectivity index (χ3n) is 3.38. The number of phenolic OH excluding ortho intramolecular Hbond substituents is 1. The normalized spacial score (nSPS) is 10.8. The lowest BCUT2D eigenvalue weighted by atomic mass is 10.0. The van der Waals surface area contributed by atoms with Gasteiger partial charge in [0.1, 0.15) is 5.75 Å². The van der Waals surface area contributed by atoms with Crippen molar-refractivity contribution < 1.29 is 10.2 Å². The average Bonchev–Trinajstić information content (AvgIpc) is 2.39. The summed E-state index contributed by atoms with van der Waals surface area (Å²) < 4.78 is 0. The van der Waals surface area contributed by atoms with Crippen molar-refractivity contribution in [2.75, 3.05) is 0 Å². The maximum absolute atomic E-state index is 9.72. The highest BCUT2D eigenvalue weighted by Crippen LogP contribution is 2.21. The molecule has 2 N–H and O–H groups in total. The molecule has 1 rings (SSSR count). The number of phenols is 1. The zero-order chi connectivity index (χ0) is 13.2. The lowest BCUT2D eigenvalue weighted by Crippen LogP contribution is -1.91. The Balaban J connectivity index is 2.22. The van der Waals surface area contributed by atoms with Gasteiger partial charge in [0.15, 0.2) is 0 Å². The van der Waals surface area contributed by atoms with E-state index in [1.165, 1.54) is 38.5 Å². The Bertz CT molecular complexity index is 334. The molecule has 0 bridgehead atoms. The summed E-state index contributed by atoms with van der Waals surface area (Å²) in [4.78, 5) is 0. The van der Waals surface area contributed by atoms with Crippen LogP contribution in [0.1, 0.15) is 63.0 Å². The molecule has 102 valence electrons. The summed E-state index contributed by atoms with van der Waals surface area (Å²) in [5, 5.41) is 18.8. The molecule has 0 aliphatic carbocycles. The van der Waals surface area contributed by atoms with Gasteiger partial charge in [0.05, 0.1) is 6.61 Å². The molecule has 0 unspecified atom stereocenters. The lowest BCUT2D eigenvalue weighted by Gasteiger charge is -2.06. The van der Waals surface area contributed by atoms with E-state index in [4.69, 9.17) is 5.11 Å². The number of aromatic hydroxyl groups is 1. The molecule has 2 nitrogen and oxygen atoms in total. The molecule has 0 atom stereocenters. The monoisotopic (exact) mass is 250 g/mol. The molecule has 18 heavy (non-hydrogen) atoms. The molecule has 0 saturated heterocycles. The first-order chi connectivity index (χ1) is 8.77. The number of unbranched alkanes of at least 4 members (excludes halogenated alkanes) is 6. The SMILES string of the molecule is CCCCCCCCCc1cc(CO)ccc1O. The van der Waals surface area contributed by atoms with Crippen LogP contribution < -0.4 is 0 Å². The molecular weight excluding hydrogens is 224 g/mol. The minimum absolute atomic E-state index is 0.0459. The number of rotatable bonds is 9. The van der Waals surface area contributed by atoms with Crippen LogP contribution in [0.4, 0.5) is 0 Å². The van der Waals surface area contributed by atoms with E-state index in [9.17, 15) is 5.11 Å². The van der Waals surface area contributed by atoms with Crippen LogP contribution in [0.2, 0.25) is 0 Å². The number of benzene rings is 1. The van der Waals surface area contributed by atoms with E-state index in [-0.39, 0.29) is 6.61 Å². The van der Waals surface area contributed by atoms with E-state index < -0.39 is 0 Å². The van der Waals surface area contributed by atoms with E-state index in [0.29, 0.717) is 5.75 Å². The van der Waals surface area contributed by atoms with Crippen LogP contribution in [0.5, 0.6) is 5.75 Å². The first kappa shape index (κ1) is 15.0. The van der Waals surface area contributed by atoms with E-state index in [1.807, 2.05) is 6.07 Å². The highest BCUT2D eigenvalue weighted by molar-refractivity contribution is 5.35. The van der Waals surface area contributed by atoms with Crippen LogP contribution >= 0.6 is 0 Å². The van der Waals surface area contributed by atoms with Crippen molar-refractivity contribution in [2.24, 2.45) is 0 Å². The zero-order valence-corrected chi connectivity index (χ0v) is 11.5. The minimum Gasteiger partial charge on any atom is -0.508 e. The number of aliphatic hydroxyl groups excluding tert-OH is 1. The first-order valence-corrected chi connectivity index (χ1v) is 7.19. The Kier molecular flexibility index (Phi) is 7.51. The molecule has 0 heterocycles. The molecule has 0 radical (unpaired) electrons. The van der Waals surface area contributed by atoms with Gasteiger partial charge in [-0.1, -0.05) is 51.5 Å². The average molecular weight is 250 g/mol. The predicted octanol–water partition coefficient (Wildman–Crippen LogP) is 4.18. The molecule has 0 amide bonds.